The van der Waals surface area contributed by atoms with Crippen LogP contribution in [-0.2, 0) is 0 Å². The van der Waals surface area contributed by atoms with Gasteiger partial charge in [0.15, 0.2) is 0 Å². The smallest absolute Gasteiger partial charge is 0.0305 e. The summed E-state index contributed by atoms with van der Waals surface area (Å²) in [6.07, 6.45) is 35.1. The summed E-state index contributed by atoms with van der Waals surface area (Å²) in [5.41, 5.74) is 0.661. The van der Waals surface area contributed by atoms with E-state index in [1.807, 2.05) is 0 Å². The van der Waals surface area contributed by atoms with Crippen molar-refractivity contribution < 1.29 is 0 Å². The van der Waals surface area contributed by atoms with Crippen molar-refractivity contribution in [3.8, 4) is 0 Å². The average molecular weight is 409 g/mol. The lowest BCUT2D eigenvalue weighted by Gasteiger charge is -2.30. The van der Waals surface area contributed by atoms with E-state index in [1.54, 1.807) is 0 Å². The topological polar surface area (TPSA) is 0 Å². The molecule has 0 aromatic heterocycles. The molecular formula is C29H60. The van der Waals surface area contributed by atoms with Gasteiger partial charge < -0.3 is 0 Å². The van der Waals surface area contributed by atoms with Gasteiger partial charge in [0, 0.05) is 0 Å². The van der Waals surface area contributed by atoms with E-state index in [4.69, 9.17) is 0 Å². The molecule has 29 heavy (non-hydrogen) atoms. The van der Waals surface area contributed by atoms with Crippen LogP contribution in [0, 0.1) is 5.41 Å². The predicted octanol–water partition coefficient (Wildman–Crippen LogP) is 11.4. The van der Waals surface area contributed by atoms with Crippen molar-refractivity contribution in [2.75, 3.05) is 0 Å². The Labute approximate surface area is 187 Å². The lowest BCUT2D eigenvalue weighted by Crippen LogP contribution is -2.17. The number of unbranched alkanes of at least 4 members (excludes halogenated alkanes) is 19. The molecule has 0 unspecified atom stereocenters. The average Bonchev–Trinajstić information content (AvgIpc) is 2.75. The second-order valence-electron chi connectivity index (χ2n) is 10.0. The zero-order chi connectivity index (χ0) is 21.5. The summed E-state index contributed by atoms with van der Waals surface area (Å²) in [6.45, 7) is 9.48. The van der Waals surface area contributed by atoms with Gasteiger partial charge in [-0.1, -0.05) is 175 Å². The zero-order valence-electron chi connectivity index (χ0n) is 21.5. The molecule has 0 aliphatic carbocycles. The summed E-state index contributed by atoms with van der Waals surface area (Å²) in [6, 6.07) is 0. The van der Waals surface area contributed by atoms with E-state index in [0.29, 0.717) is 5.41 Å². The molecule has 0 heterocycles. The van der Waals surface area contributed by atoms with Crippen molar-refractivity contribution in [2.24, 2.45) is 5.41 Å². The molecule has 0 heteroatoms. The highest BCUT2D eigenvalue weighted by Crippen LogP contribution is 2.36. The molecule has 0 nitrogen and oxygen atoms in total. The Balaban J connectivity index is 3.17. The van der Waals surface area contributed by atoms with Crippen LogP contribution < -0.4 is 0 Å². The highest BCUT2D eigenvalue weighted by molar-refractivity contribution is 4.74. The molecule has 0 amide bonds. The van der Waals surface area contributed by atoms with Crippen LogP contribution in [0.1, 0.15) is 182 Å². The van der Waals surface area contributed by atoms with E-state index in [2.05, 4.69) is 27.7 Å². The number of rotatable bonds is 24. The first kappa shape index (κ1) is 29.0. The number of hydrogen-bond donors (Lipinski definition) is 0. The minimum Gasteiger partial charge on any atom is -0.0654 e. The highest BCUT2D eigenvalue weighted by atomic mass is 14.3. The maximum Gasteiger partial charge on any atom is -0.0305 e. The predicted molar refractivity (Wildman–Crippen MR) is 136 cm³/mol. The van der Waals surface area contributed by atoms with Crippen LogP contribution in [0.4, 0.5) is 0 Å². The lowest BCUT2D eigenvalue weighted by atomic mass is 9.75. The van der Waals surface area contributed by atoms with E-state index in [9.17, 15) is 0 Å². The van der Waals surface area contributed by atoms with Crippen LogP contribution in [0.2, 0.25) is 0 Å². The highest BCUT2D eigenvalue weighted by Gasteiger charge is 2.22. The summed E-state index contributed by atoms with van der Waals surface area (Å²) in [4.78, 5) is 0. The van der Waals surface area contributed by atoms with Crippen molar-refractivity contribution in [1.29, 1.82) is 0 Å². The van der Waals surface area contributed by atoms with Gasteiger partial charge in [-0.3, -0.25) is 0 Å². The summed E-state index contributed by atoms with van der Waals surface area (Å²) >= 11 is 0. The van der Waals surface area contributed by atoms with Crippen LogP contribution >= 0.6 is 0 Å². The molecule has 0 bridgehead atoms. The summed E-state index contributed by atoms with van der Waals surface area (Å²) in [7, 11) is 0. The van der Waals surface area contributed by atoms with Crippen molar-refractivity contribution in [2.45, 2.75) is 182 Å². The Kier molecular flexibility index (Phi) is 22.7. The fourth-order valence-corrected chi connectivity index (χ4v) is 5.04. The minimum absolute atomic E-state index is 0.661. The monoisotopic (exact) mass is 408 g/mol. The third kappa shape index (κ3) is 18.5. The quantitative estimate of drug-likeness (QED) is 0.139. The Morgan fingerprint density at radius 2 is 0.552 bits per heavy atom. The summed E-state index contributed by atoms with van der Waals surface area (Å²) in [5.74, 6) is 0. The van der Waals surface area contributed by atoms with E-state index in [-0.39, 0.29) is 0 Å². The minimum atomic E-state index is 0.661. The first-order valence-electron chi connectivity index (χ1n) is 14.2. The van der Waals surface area contributed by atoms with Crippen LogP contribution in [0.15, 0.2) is 0 Å². The zero-order valence-corrected chi connectivity index (χ0v) is 21.5. The van der Waals surface area contributed by atoms with E-state index >= 15 is 0 Å². The van der Waals surface area contributed by atoms with Gasteiger partial charge in [0.1, 0.15) is 0 Å². The van der Waals surface area contributed by atoms with E-state index < -0.39 is 0 Å². The summed E-state index contributed by atoms with van der Waals surface area (Å²) < 4.78 is 0. The molecule has 0 aliphatic heterocycles. The maximum atomic E-state index is 2.39. The second kappa shape index (κ2) is 22.7. The fourth-order valence-electron chi connectivity index (χ4n) is 5.04. The van der Waals surface area contributed by atoms with Gasteiger partial charge in [0.05, 0.1) is 0 Å². The first-order chi connectivity index (χ1) is 14.2. The van der Waals surface area contributed by atoms with Crippen LogP contribution in [0.3, 0.4) is 0 Å². The lowest BCUT2D eigenvalue weighted by molar-refractivity contribution is 0.220. The molecule has 0 saturated carbocycles. The van der Waals surface area contributed by atoms with Gasteiger partial charge in [0.25, 0.3) is 0 Å². The molecule has 0 atom stereocenters. The Bertz CT molecular complexity index is 280. The molecule has 0 N–H and O–H groups in total. The van der Waals surface area contributed by atoms with Crippen molar-refractivity contribution in [1.82, 2.24) is 0 Å². The summed E-state index contributed by atoms with van der Waals surface area (Å²) in [5, 5.41) is 0. The number of hydrogen-bond acceptors (Lipinski definition) is 0. The fraction of sp³-hybridized carbons (Fsp3) is 1.00. The van der Waals surface area contributed by atoms with Crippen molar-refractivity contribution >= 4 is 0 Å². The Hall–Kier alpha value is 0. The first-order valence-corrected chi connectivity index (χ1v) is 14.2. The van der Waals surface area contributed by atoms with Gasteiger partial charge >= 0.3 is 0 Å². The molecule has 0 aromatic carbocycles. The molecule has 0 aromatic rings. The van der Waals surface area contributed by atoms with Gasteiger partial charge in [-0.15, -0.1) is 0 Å². The van der Waals surface area contributed by atoms with Gasteiger partial charge in [-0.25, -0.2) is 0 Å². The third-order valence-electron chi connectivity index (χ3n) is 7.81. The van der Waals surface area contributed by atoms with Crippen LogP contribution in [-0.4, -0.2) is 0 Å². The maximum absolute atomic E-state index is 2.39. The second-order valence-corrected chi connectivity index (χ2v) is 10.0. The van der Waals surface area contributed by atoms with Crippen molar-refractivity contribution in [3.05, 3.63) is 0 Å². The van der Waals surface area contributed by atoms with Gasteiger partial charge in [-0.2, -0.15) is 0 Å². The molecule has 0 fully saturated rings. The van der Waals surface area contributed by atoms with E-state index in [0.717, 1.165) is 0 Å². The molecule has 0 radical (unpaired) electrons. The molecule has 0 spiro atoms. The molecule has 0 saturated heterocycles. The molecule has 0 aliphatic rings. The third-order valence-corrected chi connectivity index (χ3v) is 7.81. The van der Waals surface area contributed by atoms with Gasteiger partial charge in [0.2, 0.25) is 0 Å². The van der Waals surface area contributed by atoms with E-state index in [1.165, 1.54) is 154 Å². The van der Waals surface area contributed by atoms with Crippen LogP contribution in [0.25, 0.3) is 0 Å². The van der Waals surface area contributed by atoms with Gasteiger partial charge in [-0.05, 0) is 11.8 Å². The normalized spacial score (nSPS) is 12.0. The Morgan fingerprint density at radius 3 is 0.793 bits per heavy atom. The standard InChI is InChI=1S/C29H60/c1-5-9-10-11-12-13-14-15-16-17-18-19-20-21-22-23-24-25-26-27-28-29(6-2,7-3)8-4/h5-28H2,1-4H3. The molecule has 0 rings (SSSR count). The Morgan fingerprint density at radius 1 is 0.310 bits per heavy atom. The SMILES string of the molecule is CCCCCCCCCCCCCCCCCCCCCCC(CC)(CC)CC. The molecule has 176 valence electrons. The van der Waals surface area contributed by atoms with Crippen molar-refractivity contribution in [3.63, 3.8) is 0 Å². The molecular weight excluding hydrogens is 348 g/mol. The van der Waals surface area contributed by atoms with Crippen LogP contribution in [0.5, 0.6) is 0 Å². The largest absolute Gasteiger partial charge is 0.0654 e.